The molecule has 5 nitrogen and oxygen atoms in total. The van der Waals surface area contributed by atoms with Crippen LogP contribution in [0.3, 0.4) is 0 Å². The zero-order valence-corrected chi connectivity index (χ0v) is 13.9. The van der Waals surface area contributed by atoms with E-state index in [-0.39, 0.29) is 11.3 Å². The summed E-state index contributed by atoms with van der Waals surface area (Å²) >= 11 is 13.2. The average molecular weight is 372 g/mol. The summed E-state index contributed by atoms with van der Waals surface area (Å²) in [5.74, 6) is -0.706. The molecule has 2 atom stereocenters. The first-order valence-electron chi connectivity index (χ1n) is 6.64. The van der Waals surface area contributed by atoms with E-state index in [1.54, 1.807) is 12.1 Å². The highest BCUT2D eigenvalue weighted by Gasteiger charge is 2.44. The van der Waals surface area contributed by atoms with Crippen LogP contribution in [0.4, 0.5) is 0 Å². The number of carbonyl (C=O) groups excluding carboxylic acids is 1. The third-order valence-electron chi connectivity index (χ3n) is 3.42. The Hall–Kier alpha value is -1.63. The maximum absolute atomic E-state index is 12.9. The van der Waals surface area contributed by atoms with E-state index in [1.807, 2.05) is 0 Å². The van der Waals surface area contributed by atoms with Gasteiger partial charge in [-0.2, -0.15) is 0 Å². The van der Waals surface area contributed by atoms with E-state index >= 15 is 0 Å². The number of furan rings is 1. The highest BCUT2D eigenvalue weighted by Crippen LogP contribution is 2.42. The number of thioether (sulfide) groups is 1. The molecule has 1 aliphatic heterocycles. The highest BCUT2D eigenvalue weighted by molar-refractivity contribution is 7.99. The van der Waals surface area contributed by atoms with Gasteiger partial charge in [-0.1, -0.05) is 23.2 Å². The number of hydrogen-bond donors (Lipinski definition) is 1. The first-order chi connectivity index (χ1) is 11.0. The van der Waals surface area contributed by atoms with Crippen LogP contribution in [0.25, 0.3) is 0 Å². The fraction of sp³-hybridized carbons (Fsp3) is 0.200. The molecule has 1 N–H and O–H groups in total. The van der Waals surface area contributed by atoms with Gasteiger partial charge in [-0.15, -0.1) is 11.8 Å². The Labute approximate surface area is 146 Å². The molecule has 0 aliphatic carbocycles. The van der Waals surface area contributed by atoms with Gasteiger partial charge in [0.05, 0.1) is 6.26 Å². The lowest BCUT2D eigenvalue weighted by molar-refractivity contribution is -0.141. The van der Waals surface area contributed by atoms with Crippen molar-refractivity contribution >= 4 is 46.8 Å². The van der Waals surface area contributed by atoms with Crippen LogP contribution in [0.1, 0.15) is 21.5 Å². The van der Waals surface area contributed by atoms with Crippen LogP contribution in [0.5, 0.6) is 0 Å². The van der Waals surface area contributed by atoms with Crippen molar-refractivity contribution in [3.8, 4) is 0 Å². The number of carbonyl (C=O) groups is 2. The van der Waals surface area contributed by atoms with Crippen LogP contribution < -0.4 is 0 Å². The molecule has 2 aromatic rings. The van der Waals surface area contributed by atoms with Crippen molar-refractivity contribution in [2.75, 3.05) is 5.75 Å². The van der Waals surface area contributed by atoms with Gasteiger partial charge in [0, 0.05) is 21.4 Å². The van der Waals surface area contributed by atoms with Crippen molar-refractivity contribution in [3.63, 3.8) is 0 Å². The fourth-order valence-corrected chi connectivity index (χ4v) is 4.32. The number of nitrogens with zero attached hydrogens (tertiary/aromatic N) is 1. The van der Waals surface area contributed by atoms with Crippen molar-refractivity contribution in [2.24, 2.45) is 0 Å². The lowest BCUT2D eigenvalue weighted by Gasteiger charge is -2.26. The monoisotopic (exact) mass is 371 g/mol. The second-order valence-electron chi connectivity index (χ2n) is 4.93. The van der Waals surface area contributed by atoms with E-state index in [2.05, 4.69) is 0 Å². The lowest BCUT2D eigenvalue weighted by Crippen LogP contribution is -2.42. The van der Waals surface area contributed by atoms with E-state index in [1.165, 1.54) is 41.1 Å². The van der Waals surface area contributed by atoms with E-state index in [0.29, 0.717) is 15.8 Å². The molecule has 0 saturated carbocycles. The van der Waals surface area contributed by atoms with Crippen LogP contribution in [0.2, 0.25) is 10.0 Å². The molecule has 1 aromatic carbocycles. The van der Waals surface area contributed by atoms with Crippen LogP contribution in [0.15, 0.2) is 41.0 Å². The minimum Gasteiger partial charge on any atom is -0.480 e. The molecule has 0 radical (unpaired) electrons. The van der Waals surface area contributed by atoms with Gasteiger partial charge in [-0.05, 0) is 30.3 Å². The standard InChI is InChI=1S/C15H11Cl2NO4S/c16-9-4-8(5-10(17)6-9)13(19)18-11(15(20)21)7-23-14(18)12-2-1-3-22-12/h1-6,11,14H,7H2,(H,20,21). The quantitative estimate of drug-likeness (QED) is 0.884. The van der Waals surface area contributed by atoms with E-state index in [4.69, 9.17) is 27.6 Å². The Bertz CT molecular complexity index is 730. The van der Waals surface area contributed by atoms with Gasteiger partial charge in [0.25, 0.3) is 5.91 Å². The SMILES string of the molecule is O=C(O)C1CSC(c2ccco2)N1C(=O)c1cc(Cl)cc(Cl)c1. The minimum atomic E-state index is -1.06. The zero-order chi connectivity index (χ0) is 16.6. The van der Waals surface area contributed by atoms with E-state index in [9.17, 15) is 14.7 Å². The molecule has 8 heteroatoms. The molecule has 0 bridgehead atoms. The third-order valence-corrected chi connectivity index (χ3v) is 5.14. The fourth-order valence-electron chi connectivity index (χ4n) is 2.42. The number of carboxylic acid groups (broad SMARTS) is 1. The van der Waals surface area contributed by atoms with Crippen LogP contribution in [0, 0.1) is 0 Å². The van der Waals surface area contributed by atoms with E-state index < -0.39 is 23.3 Å². The zero-order valence-electron chi connectivity index (χ0n) is 11.6. The normalized spacial score (nSPS) is 20.7. The number of rotatable bonds is 3. The summed E-state index contributed by atoms with van der Waals surface area (Å²) in [5.41, 5.74) is 0.243. The molecule has 1 fully saturated rings. The smallest absolute Gasteiger partial charge is 0.327 e. The topological polar surface area (TPSA) is 70.8 Å². The number of aliphatic carboxylic acids is 1. The van der Waals surface area contributed by atoms with Gasteiger partial charge in [0.15, 0.2) is 0 Å². The third kappa shape index (κ3) is 3.20. The number of hydrogen-bond acceptors (Lipinski definition) is 4. The van der Waals surface area contributed by atoms with Crippen molar-refractivity contribution < 1.29 is 19.1 Å². The Kier molecular flexibility index (Phi) is 4.57. The van der Waals surface area contributed by atoms with Gasteiger partial charge in [-0.25, -0.2) is 4.79 Å². The van der Waals surface area contributed by atoms with Gasteiger partial charge in [0.1, 0.15) is 17.2 Å². The molecule has 1 aromatic heterocycles. The van der Waals surface area contributed by atoms with Gasteiger partial charge < -0.3 is 14.4 Å². The molecule has 0 spiro atoms. The number of carboxylic acids is 1. The predicted molar refractivity (Wildman–Crippen MR) is 88.0 cm³/mol. The largest absolute Gasteiger partial charge is 0.480 e. The first-order valence-corrected chi connectivity index (χ1v) is 8.44. The van der Waals surface area contributed by atoms with Crippen molar-refractivity contribution in [2.45, 2.75) is 11.4 Å². The summed E-state index contributed by atoms with van der Waals surface area (Å²) in [6.45, 7) is 0. The number of halogens is 2. The predicted octanol–water partition coefficient (Wildman–Crippen LogP) is 3.93. The molecule has 23 heavy (non-hydrogen) atoms. The number of amides is 1. The summed E-state index contributed by atoms with van der Waals surface area (Å²) in [7, 11) is 0. The summed E-state index contributed by atoms with van der Waals surface area (Å²) in [4.78, 5) is 25.7. The van der Waals surface area contributed by atoms with Gasteiger partial charge >= 0.3 is 5.97 Å². The molecular weight excluding hydrogens is 361 g/mol. The molecule has 2 heterocycles. The maximum Gasteiger partial charge on any atom is 0.327 e. The van der Waals surface area contributed by atoms with Crippen LogP contribution in [-0.4, -0.2) is 33.7 Å². The van der Waals surface area contributed by atoms with E-state index in [0.717, 1.165) is 0 Å². The van der Waals surface area contributed by atoms with Crippen molar-refractivity contribution in [1.82, 2.24) is 4.90 Å². The Balaban J connectivity index is 2.00. The molecule has 2 unspecified atom stereocenters. The van der Waals surface area contributed by atoms with Crippen LogP contribution in [-0.2, 0) is 4.79 Å². The molecule has 1 aliphatic rings. The molecule has 120 valence electrons. The second kappa shape index (κ2) is 6.47. The molecule has 1 amide bonds. The first kappa shape index (κ1) is 16.2. The molecule has 1 saturated heterocycles. The van der Waals surface area contributed by atoms with Crippen molar-refractivity contribution in [3.05, 3.63) is 58.0 Å². The highest BCUT2D eigenvalue weighted by atomic mass is 35.5. The van der Waals surface area contributed by atoms with Crippen LogP contribution >= 0.6 is 35.0 Å². The second-order valence-corrected chi connectivity index (χ2v) is 6.91. The number of benzene rings is 1. The summed E-state index contributed by atoms with van der Waals surface area (Å²) < 4.78 is 5.35. The Morgan fingerprint density at radius 1 is 1.26 bits per heavy atom. The van der Waals surface area contributed by atoms with Gasteiger partial charge in [0.2, 0.25) is 0 Å². The van der Waals surface area contributed by atoms with Crippen molar-refractivity contribution in [1.29, 1.82) is 0 Å². The lowest BCUT2D eigenvalue weighted by atomic mass is 10.1. The Morgan fingerprint density at radius 2 is 1.96 bits per heavy atom. The Morgan fingerprint density at radius 3 is 2.52 bits per heavy atom. The summed E-state index contributed by atoms with van der Waals surface area (Å²) in [6, 6.07) is 6.92. The summed E-state index contributed by atoms with van der Waals surface area (Å²) in [6.07, 6.45) is 1.49. The van der Waals surface area contributed by atoms with Gasteiger partial charge in [-0.3, -0.25) is 4.79 Å². The summed E-state index contributed by atoms with van der Waals surface area (Å²) in [5, 5.41) is 9.54. The minimum absolute atomic E-state index is 0.243. The molecular formula is C15H11Cl2NO4S. The maximum atomic E-state index is 12.9. The molecule has 3 rings (SSSR count). The average Bonchev–Trinajstić information content (AvgIpc) is 3.14.